The molecule has 2 aromatic rings. The van der Waals surface area contributed by atoms with Gasteiger partial charge in [-0.05, 0) is 55.7 Å². The van der Waals surface area contributed by atoms with Crippen LogP contribution in [0.3, 0.4) is 0 Å². The van der Waals surface area contributed by atoms with Crippen LogP contribution in [0.2, 0.25) is 0 Å². The average Bonchev–Trinajstić information content (AvgIpc) is 3.04. The Morgan fingerprint density at radius 1 is 1.24 bits per heavy atom. The summed E-state index contributed by atoms with van der Waals surface area (Å²) in [6.07, 6.45) is 5.71. The van der Waals surface area contributed by atoms with Gasteiger partial charge in [0.15, 0.2) is 0 Å². The van der Waals surface area contributed by atoms with E-state index in [-0.39, 0.29) is 0 Å². The third kappa shape index (κ3) is 2.20. The standard InChI is InChI=1S/C19H25NO/c1-3-20-18(17-14-9-4-5-10-15(14)17)16-11-13-8-6-7-12(2)19(13)21-16/h6-8,11,14-15,17-18,20H,3-5,9-10H2,1-2H3. The number of aryl methyl sites for hydroxylation is 1. The molecular weight excluding hydrogens is 258 g/mol. The number of hydrogen-bond donors (Lipinski definition) is 1. The van der Waals surface area contributed by atoms with E-state index in [0.29, 0.717) is 6.04 Å². The molecule has 0 bridgehead atoms. The summed E-state index contributed by atoms with van der Waals surface area (Å²) < 4.78 is 6.26. The van der Waals surface area contributed by atoms with Gasteiger partial charge in [0.1, 0.15) is 11.3 Å². The van der Waals surface area contributed by atoms with Gasteiger partial charge in [-0.25, -0.2) is 0 Å². The molecule has 2 nitrogen and oxygen atoms in total. The number of nitrogens with one attached hydrogen (secondary N) is 1. The van der Waals surface area contributed by atoms with E-state index >= 15 is 0 Å². The van der Waals surface area contributed by atoms with E-state index < -0.39 is 0 Å². The average molecular weight is 283 g/mol. The first-order valence-electron chi connectivity index (χ1n) is 8.52. The molecule has 2 heteroatoms. The van der Waals surface area contributed by atoms with Crippen LogP contribution in [-0.2, 0) is 0 Å². The van der Waals surface area contributed by atoms with E-state index in [4.69, 9.17) is 4.42 Å². The van der Waals surface area contributed by atoms with Crippen molar-refractivity contribution in [3.63, 3.8) is 0 Å². The van der Waals surface area contributed by atoms with Crippen molar-refractivity contribution in [3.8, 4) is 0 Å². The highest BCUT2D eigenvalue weighted by Gasteiger charge is 2.55. The number of para-hydroxylation sites is 1. The van der Waals surface area contributed by atoms with Crippen molar-refractivity contribution in [2.24, 2.45) is 17.8 Å². The molecule has 0 aliphatic heterocycles. The smallest absolute Gasteiger partial charge is 0.137 e. The highest BCUT2D eigenvalue weighted by atomic mass is 16.3. The molecule has 2 saturated carbocycles. The van der Waals surface area contributed by atoms with Gasteiger partial charge >= 0.3 is 0 Å². The van der Waals surface area contributed by atoms with Crippen molar-refractivity contribution in [2.75, 3.05) is 6.54 Å². The fraction of sp³-hybridized carbons (Fsp3) is 0.579. The molecule has 0 radical (unpaired) electrons. The van der Waals surface area contributed by atoms with Gasteiger partial charge in [0.25, 0.3) is 0 Å². The van der Waals surface area contributed by atoms with Crippen LogP contribution in [0, 0.1) is 24.7 Å². The molecular formula is C19H25NO. The summed E-state index contributed by atoms with van der Waals surface area (Å²) >= 11 is 0. The summed E-state index contributed by atoms with van der Waals surface area (Å²) in [6, 6.07) is 9.10. The van der Waals surface area contributed by atoms with Crippen LogP contribution in [0.25, 0.3) is 11.0 Å². The third-order valence-corrected chi connectivity index (χ3v) is 5.60. The predicted octanol–water partition coefficient (Wildman–Crippen LogP) is 4.83. The lowest BCUT2D eigenvalue weighted by molar-refractivity contribution is 0.380. The van der Waals surface area contributed by atoms with Crippen molar-refractivity contribution in [1.82, 2.24) is 5.32 Å². The molecule has 3 atom stereocenters. The van der Waals surface area contributed by atoms with Crippen molar-refractivity contribution in [2.45, 2.75) is 45.6 Å². The van der Waals surface area contributed by atoms with Gasteiger partial charge in [-0.2, -0.15) is 0 Å². The Bertz CT molecular complexity index is 632. The minimum absolute atomic E-state index is 0.412. The number of furan rings is 1. The zero-order valence-corrected chi connectivity index (χ0v) is 13.1. The first-order valence-corrected chi connectivity index (χ1v) is 8.52. The first-order chi connectivity index (χ1) is 10.3. The summed E-state index contributed by atoms with van der Waals surface area (Å²) in [4.78, 5) is 0. The highest BCUT2D eigenvalue weighted by Crippen LogP contribution is 2.60. The van der Waals surface area contributed by atoms with Crippen LogP contribution in [-0.4, -0.2) is 6.54 Å². The first kappa shape index (κ1) is 13.4. The quantitative estimate of drug-likeness (QED) is 0.869. The maximum atomic E-state index is 6.26. The maximum absolute atomic E-state index is 6.26. The van der Waals surface area contributed by atoms with E-state index in [1.807, 2.05) is 0 Å². The van der Waals surface area contributed by atoms with Crippen LogP contribution in [0.1, 0.15) is 50.0 Å². The minimum Gasteiger partial charge on any atom is -0.459 e. The summed E-state index contributed by atoms with van der Waals surface area (Å²) in [6.45, 7) is 5.35. The van der Waals surface area contributed by atoms with Gasteiger partial charge < -0.3 is 9.73 Å². The largest absolute Gasteiger partial charge is 0.459 e. The molecule has 2 aliphatic rings. The number of hydrogen-bond acceptors (Lipinski definition) is 2. The molecule has 3 unspecified atom stereocenters. The Labute approximate surface area is 126 Å². The second kappa shape index (κ2) is 5.17. The maximum Gasteiger partial charge on any atom is 0.137 e. The Kier molecular flexibility index (Phi) is 3.30. The topological polar surface area (TPSA) is 25.2 Å². The number of rotatable bonds is 4. The van der Waals surface area contributed by atoms with Gasteiger partial charge in [0, 0.05) is 5.39 Å². The molecule has 2 aliphatic carbocycles. The van der Waals surface area contributed by atoms with Gasteiger partial charge in [-0.15, -0.1) is 0 Å². The molecule has 0 saturated heterocycles. The van der Waals surface area contributed by atoms with E-state index in [1.54, 1.807) is 0 Å². The van der Waals surface area contributed by atoms with E-state index in [2.05, 4.69) is 43.4 Å². The lowest BCUT2D eigenvalue weighted by Crippen LogP contribution is -2.23. The fourth-order valence-corrected chi connectivity index (χ4v) is 4.57. The number of fused-ring (bicyclic) bond motifs is 2. The highest BCUT2D eigenvalue weighted by molar-refractivity contribution is 5.81. The summed E-state index contributed by atoms with van der Waals surface area (Å²) in [7, 11) is 0. The molecule has 4 rings (SSSR count). The van der Waals surface area contributed by atoms with Crippen molar-refractivity contribution in [1.29, 1.82) is 0 Å². The summed E-state index contributed by atoms with van der Waals surface area (Å²) in [5, 5.41) is 4.95. The molecule has 2 fully saturated rings. The number of benzene rings is 1. The minimum atomic E-state index is 0.412. The fourth-order valence-electron chi connectivity index (χ4n) is 4.57. The summed E-state index contributed by atoms with van der Waals surface area (Å²) in [5.41, 5.74) is 2.31. The van der Waals surface area contributed by atoms with Crippen LogP contribution < -0.4 is 5.32 Å². The molecule has 21 heavy (non-hydrogen) atoms. The molecule has 1 N–H and O–H groups in total. The second-order valence-corrected chi connectivity index (χ2v) is 6.87. The Hall–Kier alpha value is -1.28. The van der Waals surface area contributed by atoms with Crippen molar-refractivity contribution < 1.29 is 4.42 Å². The van der Waals surface area contributed by atoms with Crippen LogP contribution in [0.4, 0.5) is 0 Å². The van der Waals surface area contributed by atoms with E-state index in [0.717, 1.165) is 35.6 Å². The normalized spacial score (nSPS) is 29.3. The third-order valence-electron chi connectivity index (χ3n) is 5.60. The SMILES string of the molecule is CCNC(c1cc2cccc(C)c2o1)C1C2CCCCC21. The van der Waals surface area contributed by atoms with Crippen LogP contribution in [0.15, 0.2) is 28.7 Å². The van der Waals surface area contributed by atoms with E-state index in [1.165, 1.54) is 36.6 Å². The Morgan fingerprint density at radius 3 is 2.67 bits per heavy atom. The molecule has 112 valence electrons. The van der Waals surface area contributed by atoms with Crippen molar-refractivity contribution in [3.05, 3.63) is 35.6 Å². The van der Waals surface area contributed by atoms with Crippen molar-refractivity contribution >= 4 is 11.0 Å². The zero-order valence-electron chi connectivity index (χ0n) is 13.1. The van der Waals surface area contributed by atoms with Crippen LogP contribution in [0.5, 0.6) is 0 Å². The van der Waals surface area contributed by atoms with Gasteiger partial charge in [-0.1, -0.05) is 38.0 Å². The summed E-state index contributed by atoms with van der Waals surface area (Å²) in [5.74, 6) is 3.84. The molecule has 1 aromatic heterocycles. The molecule has 1 heterocycles. The Balaban J connectivity index is 1.68. The molecule has 1 aromatic carbocycles. The Morgan fingerprint density at radius 2 is 2.00 bits per heavy atom. The molecule has 0 spiro atoms. The lowest BCUT2D eigenvalue weighted by atomic mass is 10.0. The van der Waals surface area contributed by atoms with Crippen LogP contribution >= 0.6 is 0 Å². The van der Waals surface area contributed by atoms with Gasteiger partial charge in [-0.3, -0.25) is 0 Å². The monoisotopic (exact) mass is 283 g/mol. The van der Waals surface area contributed by atoms with Gasteiger partial charge in [0.2, 0.25) is 0 Å². The predicted molar refractivity (Wildman–Crippen MR) is 86.3 cm³/mol. The van der Waals surface area contributed by atoms with E-state index in [9.17, 15) is 0 Å². The lowest BCUT2D eigenvalue weighted by Gasteiger charge is -2.15. The zero-order chi connectivity index (χ0) is 14.4. The van der Waals surface area contributed by atoms with Gasteiger partial charge in [0.05, 0.1) is 6.04 Å². The second-order valence-electron chi connectivity index (χ2n) is 6.87. The molecule has 0 amide bonds.